The smallest absolute Gasteiger partial charge is 0.223 e. The number of carbonyl (C=O) groups excluding carboxylic acids is 1. The quantitative estimate of drug-likeness (QED) is 0.671. The van der Waals surface area contributed by atoms with Gasteiger partial charge < -0.3 is 14.4 Å². The van der Waals surface area contributed by atoms with Gasteiger partial charge in [0.2, 0.25) is 5.91 Å². The maximum atomic E-state index is 12.6. The summed E-state index contributed by atoms with van der Waals surface area (Å²) in [6.45, 7) is 1.34. The van der Waals surface area contributed by atoms with E-state index in [1.165, 1.54) is 12.8 Å². The summed E-state index contributed by atoms with van der Waals surface area (Å²) in [7, 11) is 1.67. The number of nitrogens with zero attached hydrogens (tertiary/aromatic N) is 1. The molecule has 5 heteroatoms. The SMILES string of the molecule is COc1ccc(C2CC(=O)N(Cc3ccc(Cl)cc3)C2)cc1OC1CCCC1. The average molecular weight is 400 g/mol. The van der Waals surface area contributed by atoms with Gasteiger partial charge in [-0.05, 0) is 61.1 Å². The van der Waals surface area contributed by atoms with Crippen molar-refractivity contribution in [1.82, 2.24) is 4.90 Å². The zero-order valence-electron chi connectivity index (χ0n) is 16.2. The number of amides is 1. The lowest BCUT2D eigenvalue weighted by Gasteiger charge is -2.19. The molecule has 2 aliphatic rings. The number of hydrogen-bond acceptors (Lipinski definition) is 3. The Balaban J connectivity index is 1.47. The second-order valence-corrected chi connectivity index (χ2v) is 8.17. The van der Waals surface area contributed by atoms with E-state index < -0.39 is 0 Å². The number of hydrogen-bond donors (Lipinski definition) is 0. The van der Waals surface area contributed by atoms with Gasteiger partial charge in [-0.25, -0.2) is 0 Å². The fourth-order valence-corrected chi connectivity index (χ4v) is 4.31. The third-order valence-corrected chi connectivity index (χ3v) is 6.01. The van der Waals surface area contributed by atoms with Crippen LogP contribution in [0.4, 0.5) is 0 Å². The lowest BCUT2D eigenvalue weighted by molar-refractivity contribution is -0.128. The monoisotopic (exact) mass is 399 g/mol. The lowest BCUT2D eigenvalue weighted by atomic mass is 9.98. The largest absolute Gasteiger partial charge is 0.493 e. The van der Waals surface area contributed by atoms with Gasteiger partial charge >= 0.3 is 0 Å². The first-order valence-electron chi connectivity index (χ1n) is 9.99. The van der Waals surface area contributed by atoms with Crippen LogP contribution < -0.4 is 9.47 Å². The first-order valence-corrected chi connectivity index (χ1v) is 10.4. The average Bonchev–Trinajstić information content (AvgIpc) is 3.34. The molecule has 0 aromatic heterocycles. The van der Waals surface area contributed by atoms with Crippen LogP contribution in [0.25, 0.3) is 0 Å². The molecule has 0 bridgehead atoms. The Morgan fingerprint density at radius 1 is 1.07 bits per heavy atom. The fourth-order valence-electron chi connectivity index (χ4n) is 4.18. The third-order valence-electron chi connectivity index (χ3n) is 5.76. The standard InChI is InChI=1S/C23H26ClNO3/c1-27-21-11-8-17(12-22(21)28-20-4-2-3-5-20)18-13-23(26)25(15-18)14-16-6-9-19(24)10-7-16/h6-12,18,20H,2-5,13-15H2,1H3. The molecule has 1 aliphatic carbocycles. The van der Waals surface area contributed by atoms with Gasteiger partial charge in [-0.15, -0.1) is 0 Å². The minimum atomic E-state index is 0.177. The maximum Gasteiger partial charge on any atom is 0.223 e. The number of carbonyl (C=O) groups is 1. The molecular formula is C23H26ClNO3. The molecule has 1 saturated carbocycles. The molecule has 2 aromatic carbocycles. The Morgan fingerprint density at radius 2 is 1.82 bits per heavy atom. The van der Waals surface area contributed by atoms with Crippen molar-refractivity contribution in [2.45, 2.75) is 50.7 Å². The summed E-state index contributed by atoms with van der Waals surface area (Å²) in [5.41, 5.74) is 2.24. The normalized spacial score (nSPS) is 20.0. The summed E-state index contributed by atoms with van der Waals surface area (Å²) < 4.78 is 11.7. The van der Waals surface area contributed by atoms with Gasteiger partial charge in [-0.1, -0.05) is 29.8 Å². The number of ether oxygens (including phenoxy) is 2. The number of halogens is 1. The molecule has 0 spiro atoms. The Labute approximate surface area is 171 Å². The van der Waals surface area contributed by atoms with Crippen molar-refractivity contribution in [3.63, 3.8) is 0 Å². The number of benzene rings is 2. The molecule has 1 heterocycles. The van der Waals surface area contributed by atoms with Crippen molar-refractivity contribution in [3.8, 4) is 11.5 Å². The molecule has 148 valence electrons. The molecule has 0 radical (unpaired) electrons. The molecule has 0 N–H and O–H groups in total. The molecule has 1 aliphatic heterocycles. The molecule has 2 aromatic rings. The van der Waals surface area contributed by atoms with Gasteiger partial charge in [0.15, 0.2) is 11.5 Å². The van der Waals surface area contributed by atoms with Crippen LogP contribution in [0.2, 0.25) is 5.02 Å². The van der Waals surface area contributed by atoms with Crippen LogP contribution in [0, 0.1) is 0 Å². The summed E-state index contributed by atoms with van der Waals surface area (Å²) in [4.78, 5) is 14.5. The summed E-state index contributed by atoms with van der Waals surface area (Å²) in [5.74, 6) is 1.93. The predicted octanol–water partition coefficient (Wildman–Crippen LogP) is 5.19. The fraction of sp³-hybridized carbons (Fsp3) is 0.435. The van der Waals surface area contributed by atoms with Gasteiger partial charge in [0, 0.05) is 30.5 Å². The summed E-state index contributed by atoms with van der Waals surface area (Å²) >= 11 is 5.96. The van der Waals surface area contributed by atoms with Crippen molar-refractivity contribution in [1.29, 1.82) is 0 Å². The molecule has 28 heavy (non-hydrogen) atoms. The first-order chi connectivity index (χ1) is 13.6. The molecule has 2 fully saturated rings. The van der Waals surface area contributed by atoms with E-state index in [0.29, 0.717) is 18.0 Å². The summed E-state index contributed by atoms with van der Waals surface area (Å²) in [6, 6.07) is 13.8. The van der Waals surface area contributed by atoms with E-state index >= 15 is 0 Å². The Morgan fingerprint density at radius 3 is 2.54 bits per heavy atom. The highest BCUT2D eigenvalue weighted by Gasteiger charge is 2.31. The van der Waals surface area contributed by atoms with Crippen molar-refractivity contribution in [2.75, 3.05) is 13.7 Å². The minimum absolute atomic E-state index is 0.177. The highest BCUT2D eigenvalue weighted by molar-refractivity contribution is 6.30. The van der Waals surface area contributed by atoms with Crippen LogP contribution in [0.1, 0.15) is 49.1 Å². The highest BCUT2D eigenvalue weighted by atomic mass is 35.5. The van der Waals surface area contributed by atoms with Gasteiger partial charge in [0.1, 0.15) is 0 Å². The van der Waals surface area contributed by atoms with Crippen LogP contribution in [0.5, 0.6) is 11.5 Å². The second-order valence-electron chi connectivity index (χ2n) is 7.74. The number of methoxy groups -OCH3 is 1. The zero-order chi connectivity index (χ0) is 19.5. The van der Waals surface area contributed by atoms with Crippen molar-refractivity contribution in [2.24, 2.45) is 0 Å². The van der Waals surface area contributed by atoms with Gasteiger partial charge in [0.25, 0.3) is 0 Å². The number of rotatable bonds is 6. The van der Waals surface area contributed by atoms with Crippen molar-refractivity contribution >= 4 is 17.5 Å². The van der Waals surface area contributed by atoms with Gasteiger partial charge in [-0.2, -0.15) is 0 Å². The molecule has 1 saturated heterocycles. The molecule has 4 rings (SSSR count). The molecule has 1 amide bonds. The van der Waals surface area contributed by atoms with Crippen LogP contribution in [0.3, 0.4) is 0 Å². The Hall–Kier alpha value is -2.20. The predicted molar refractivity (Wildman–Crippen MR) is 110 cm³/mol. The Bertz CT molecular complexity index is 830. The van der Waals surface area contributed by atoms with E-state index in [-0.39, 0.29) is 17.9 Å². The summed E-state index contributed by atoms with van der Waals surface area (Å²) in [5, 5.41) is 0.711. The van der Waals surface area contributed by atoms with Crippen molar-refractivity contribution in [3.05, 3.63) is 58.6 Å². The van der Waals surface area contributed by atoms with Crippen LogP contribution in [-0.4, -0.2) is 30.6 Å². The lowest BCUT2D eigenvalue weighted by Crippen LogP contribution is -2.24. The van der Waals surface area contributed by atoms with Gasteiger partial charge in [-0.3, -0.25) is 4.79 Å². The highest BCUT2D eigenvalue weighted by Crippen LogP contribution is 2.37. The third kappa shape index (κ3) is 4.27. The van der Waals surface area contributed by atoms with E-state index in [0.717, 1.165) is 42.0 Å². The minimum Gasteiger partial charge on any atom is -0.493 e. The second kappa shape index (κ2) is 8.44. The van der Waals surface area contributed by atoms with E-state index in [1.54, 1.807) is 7.11 Å². The van der Waals surface area contributed by atoms with Crippen LogP contribution in [-0.2, 0) is 11.3 Å². The van der Waals surface area contributed by atoms with E-state index in [2.05, 4.69) is 12.1 Å². The van der Waals surface area contributed by atoms with Crippen molar-refractivity contribution < 1.29 is 14.3 Å². The molecule has 4 nitrogen and oxygen atoms in total. The van der Waals surface area contributed by atoms with E-state index in [9.17, 15) is 4.79 Å². The first kappa shape index (κ1) is 19.1. The topological polar surface area (TPSA) is 38.8 Å². The zero-order valence-corrected chi connectivity index (χ0v) is 17.0. The maximum absolute atomic E-state index is 12.6. The van der Waals surface area contributed by atoms with E-state index in [1.807, 2.05) is 35.2 Å². The summed E-state index contributed by atoms with van der Waals surface area (Å²) in [6.07, 6.45) is 5.46. The van der Waals surface area contributed by atoms with E-state index in [4.69, 9.17) is 21.1 Å². The van der Waals surface area contributed by atoms with Crippen LogP contribution in [0.15, 0.2) is 42.5 Å². The molecule has 1 unspecified atom stereocenters. The molecule has 1 atom stereocenters. The van der Waals surface area contributed by atoms with Crippen LogP contribution >= 0.6 is 11.6 Å². The number of likely N-dealkylation sites (tertiary alicyclic amines) is 1. The molecular weight excluding hydrogens is 374 g/mol. The van der Waals surface area contributed by atoms with Gasteiger partial charge in [0.05, 0.1) is 13.2 Å². The Kier molecular flexibility index (Phi) is 5.77.